The minimum atomic E-state index is -3.77. The minimum Gasteiger partial charge on any atom is -0.278 e. The van der Waals surface area contributed by atoms with Gasteiger partial charge < -0.3 is 0 Å². The number of hydrogen-bond acceptors (Lipinski definition) is 6. The van der Waals surface area contributed by atoms with Gasteiger partial charge in [-0.1, -0.05) is 47.7 Å². The van der Waals surface area contributed by atoms with Crippen LogP contribution in [0.2, 0.25) is 0 Å². The predicted molar refractivity (Wildman–Crippen MR) is 146 cm³/mol. The highest BCUT2D eigenvalue weighted by molar-refractivity contribution is 7.89. The number of anilines is 1. The van der Waals surface area contributed by atoms with Crippen LogP contribution in [0.3, 0.4) is 0 Å². The normalized spacial score (nSPS) is 11.7. The van der Waals surface area contributed by atoms with Gasteiger partial charge in [-0.05, 0) is 60.2 Å². The van der Waals surface area contributed by atoms with E-state index in [0.717, 1.165) is 5.56 Å². The topological polar surface area (TPSA) is 83.5 Å². The molecule has 0 aliphatic heterocycles. The monoisotopic (exact) mass is 546 g/mol. The Balaban J connectivity index is 1.43. The highest BCUT2D eigenvalue weighted by Crippen LogP contribution is 2.31. The number of halogens is 1. The summed E-state index contributed by atoms with van der Waals surface area (Å²) in [6.07, 6.45) is 1.64. The third-order valence-electron chi connectivity index (χ3n) is 5.92. The summed E-state index contributed by atoms with van der Waals surface area (Å²) in [5.74, 6) is -0.763. The molecule has 3 aromatic carbocycles. The maximum atomic E-state index is 13.8. The van der Waals surface area contributed by atoms with Crippen LogP contribution in [-0.2, 0) is 23.1 Å². The van der Waals surface area contributed by atoms with Crippen LogP contribution in [0.4, 0.5) is 9.52 Å². The zero-order chi connectivity index (χ0) is 26.7. The maximum absolute atomic E-state index is 13.8. The Morgan fingerprint density at radius 2 is 1.66 bits per heavy atom. The first-order valence-electron chi connectivity index (χ1n) is 11.7. The Bertz CT molecular complexity index is 1680. The predicted octanol–water partition coefficient (Wildman–Crippen LogP) is 5.50. The Hall–Kier alpha value is -3.99. The smallest absolute Gasteiger partial charge is 0.260 e. The standard InChI is InChI=1S/C28H23FN4O3S2/c1-32(18-20-7-3-2-4-8-20)38(35,36)24-13-10-21(11-14-24)27(34)33(19-23-9-5-6-16-30-23)28-31-25-15-12-22(29)17-26(25)37-28/h2-17H,18-19H2,1H3. The molecule has 0 atom stereocenters. The lowest BCUT2D eigenvalue weighted by Gasteiger charge is -2.20. The molecule has 192 valence electrons. The van der Waals surface area contributed by atoms with E-state index >= 15 is 0 Å². The van der Waals surface area contributed by atoms with Crippen molar-refractivity contribution in [2.24, 2.45) is 0 Å². The van der Waals surface area contributed by atoms with Gasteiger partial charge in [0, 0.05) is 25.4 Å². The average Bonchev–Trinajstić information content (AvgIpc) is 3.35. The molecule has 0 aliphatic rings. The molecule has 2 heterocycles. The summed E-state index contributed by atoms with van der Waals surface area (Å²) in [7, 11) is -2.25. The maximum Gasteiger partial charge on any atom is 0.260 e. The summed E-state index contributed by atoms with van der Waals surface area (Å²) in [6.45, 7) is 0.363. The van der Waals surface area contributed by atoms with Crippen LogP contribution in [0.15, 0.2) is 102 Å². The quantitative estimate of drug-likeness (QED) is 0.257. The van der Waals surface area contributed by atoms with Gasteiger partial charge in [0.15, 0.2) is 5.13 Å². The van der Waals surface area contributed by atoms with Gasteiger partial charge in [-0.3, -0.25) is 14.7 Å². The molecule has 0 radical (unpaired) electrons. The van der Waals surface area contributed by atoms with E-state index in [9.17, 15) is 17.6 Å². The first-order chi connectivity index (χ1) is 18.3. The second kappa shape index (κ2) is 10.8. The molecule has 0 N–H and O–H groups in total. The van der Waals surface area contributed by atoms with E-state index in [2.05, 4.69) is 9.97 Å². The van der Waals surface area contributed by atoms with Gasteiger partial charge in [-0.15, -0.1) is 0 Å². The van der Waals surface area contributed by atoms with E-state index in [0.29, 0.717) is 21.0 Å². The van der Waals surface area contributed by atoms with E-state index in [1.165, 1.54) is 64.0 Å². The fraction of sp³-hybridized carbons (Fsp3) is 0.107. The summed E-state index contributed by atoms with van der Waals surface area (Å²) < 4.78 is 41.9. The molecule has 5 aromatic rings. The van der Waals surface area contributed by atoms with Gasteiger partial charge in [0.2, 0.25) is 10.0 Å². The largest absolute Gasteiger partial charge is 0.278 e. The van der Waals surface area contributed by atoms with Gasteiger partial charge in [-0.2, -0.15) is 4.31 Å². The van der Waals surface area contributed by atoms with E-state index in [1.54, 1.807) is 24.4 Å². The number of aromatic nitrogens is 2. The zero-order valence-electron chi connectivity index (χ0n) is 20.4. The number of amides is 1. The van der Waals surface area contributed by atoms with Gasteiger partial charge >= 0.3 is 0 Å². The second-order valence-electron chi connectivity index (χ2n) is 8.59. The lowest BCUT2D eigenvalue weighted by atomic mass is 10.2. The summed E-state index contributed by atoms with van der Waals surface area (Å²) >= 11 is 1.20. The Morgan fingerprint density at radius 3 is 2.37 bits per heavy atom. The number of nitrogens with zero attached hydrogens (tertiary/aromatic N) is 4. The van der Waals surface area contributed by atoms with Crippen LogP contribution in [0.5, 0.6) is 0 Å². The van der Waals surface area contributed by atoms with Crippen molar-refractivity contribution >= 4 is 42.6 Å². The van der Waals surface area contributed by atoms with E-state index in [1.807, 2.05) is 36.4 Å². The van der Waals surface area contributed by atoms with Gasteiger partial charge in [0.1, 0.15) is 5.82 Å². The highest BCUT2D eigenvalue weighted by atomic mass is 32.2. The van der Waals surface area contributed by atoms with Gasteiger partial charge in [0.25, 0.3) is 5.91 Å². The van der Waals surface area contributed by atoms with Crippen LogP contribution in [0.25, 0.3) is 10.2 Å². The molecular formula is C28H23FN4O3S2. The summed E-state index contributed by atoms with van der Waals surface area (Å²) in [6, 6.07) is 24.8. The number of pyridine rings is 1. The summed E-state index contributed by atoms with van der Waals surface area (Å²) in [5, 5.41) is 0.389. The van der Waals surface area contributed by atoms with Crippen molar-refractivity contribution in [3.8, 4) is 0 Å². The molecule has 5 rings (SSSR count). The SMILES string of the molecule is CN(Cc1ccccc1)S(=O)(=O)c1ccc(C(=O)N(Cc2ccccn2)c2nc3ccc(F)cc3s2)cc1. The molecule has 0 spiro atoms. The van der Waals surface area contributed by atoms with Crippen molar-refractivity contribution in [1.29, 1.82) is 0 Å². The molecule has 7 nitrogen and oxygen atoms in total. The number of thiazole rings is 1. The van der Waals surface area contributed by atoms with Gasteiger partial charge in [-0.25, -0.2) is 17.8 Å². The molecule has 0 saturated heterocycles. The van der Waals surface area contributed by atoms with Crippen molar-refractivity contribution in [2.75, 3.05) is 11.9 Å². The van der Waals surface area contributed by atoms with Crippen LogP contribution >= 0.6 is 11.3 Å². The van der Waals surface area contributed by atoms with Crippen LogP contribution in [0, 0.1) is 5.82 Å². The molecule has 2 aromatic heterocycles. The zero-order valence-corrected chi connectivity index (χ0v) is 22.0. The number of rotatable bonds is 8. The van der Waals surface area contributed by atoms with E-state index < -0.39 is 10.0 Å². The number of hydrogen-bond donors (Lipinski definition) is 0. The van der Waals surface area contributed by atoms with E-state index in [-0.39, 0.29) is 35.3 Å². The van der Waals surface area contributed by atoms with Crippen LogP contribution < -0.4 is 4.90 Å². The average molecular weight is 547 g/mol. The molecular weight excluding hydrogens is 523 g/mol. The molecule has 38 heavy (non-hydrogen) atoms. The number of sulfonamides is 1. The van der Waals surface area contributed by atoms with E-state index in [4.69, 9.17) is 0 Å². The number of carbonyl (C=O) groups excluding carboxylic acids is 1. The first-order valence-corrected chi connectivity index (χ1v) is 13.9. The van der Waals surface area contributed by atoms with Crippen LogP contribution in [-0.4, -0.2) is 35.6 Å². The van der Waals surface area contributed by atoms with Crippen LogP contribution in [0.1, 0.15) is 21.6 Å². The molecule has 0 unspecified atom stereocenters. The molecule has 0 aliphatic carbocycles. The molecule has 0 saturated carbocycles. The third kappa shape index (κ3) is 5.47. The first kappa shape index (κ1) is 25.7. The number of carbonyl (C=O) groups is 1. The third-order valence-corrected chi connectivity index (χ3v) is 8.78. The fourth-order valence-corrected chi connectivity index (χ4v) is 6.06. The van der Waals surface area contributed by atoms with Crippen molar-refractivity contribution in [3.05, 3.63) is 120 Å². The molecule has 1 amide bonds. The fourth-order valence-electron chi connectivity index (χ4n) is 3.91. The van der Waals surface area contributed by atoms with Crippen molar-refractivity contribution in [2.45, 2.75) is 18.0 Å². The molecule has 10 heteroatoms. The molecule has 0 bridgehead atoms. The lowest BCUT2D eigenvalue weighted by molar-refractivity contribution is 0.0984. The summed E-state index contributed by atoms with van der Waals surface area (Å²) in [4.78, 5) is 24.1. The van der Waals surface area contributed by atoms with Crippen molar-refractivity contribution in [3.63, 3.8) is 0 Å². The molecule has 0 fully saturated rings. The Labute approximate surface area is 223 Å². The number of benzene rings is 3. The minimum absolute atomic E-state index is 0.0826. The summed E-state index contributed by atoms with van der Waals surface area (Å²) in [5.41, 5.74) is 2.38. The van der Waals surface area contributed by atoms with Crippen molar-refractivity contribution < 1.29 is 17.6 Å². The number of fused-ring (bicyclic) bond motifs is 1. The van der Waals surface area contributed by atoms with Crippen molar-refractivity contribution in [1.82, 2.24) is 14.3 Å². The second-order valence-corrected chi connectivity index (χ2v) is 11.6. The lowest BCUT2D eigenvalue weighted by Crippen LogP contribution is -2.31. The highest BCUT2D eigenvalue weighted by Gasteiger charge is 2.25. The Kier molecular flexibility index (Phi) is 7.28. The Morgan fingerprint density at radius 1 is 0.921 bits per heavy atom. The van der Waals surface area contributed by atoms with Gasteiger partial charge in [0.05, 0.1) is 27.4 Å².